The summed E-state index contributed by atoms with van der Waals surface area (Å²) in [6.45, 7) is 4.50. The van der Waals surface area contributed by atoms with Crippen LogP contribution in [-0.4, -0.2) is 46.9 Å². The summed E-state index contributed by atoms with van der Waals surface area (Å²) in [6.07, 6.45) is 5.77. The number of nitrogens with zero attached hydrogens (tertiary/aromatic N) is 3. The van der Waals surface area contributed by atoms with Gasteiger partial charge in [0.05, 0.1) is 17.3 Å². The van der Waals surface area contributed by atoms with E-state index in [0.717, 1.165) is 43.4 Å². The summed E-state index contributed by atoms with van der Waals surface area (Å²) >= 11 is 0. The van der Waals surface area contributed by atoms with E-state index in [1.165, 1.54) is 11.6 Å². The van der Waals surface area contributed by atoms with Crippen molar-refractivity contribution in [3.05, 3.63) is 101 Å². The van der Waals surface area contributed by atoms with E-state index in [2.05, 4.69) is 34.1 Å². The first kappa shape index (κ1) is 24.2. The molecule has 0 unspecified atom stereocenters. The maximum Gasteiger partial charge on any atom is 0.257 e. The highest BCUT2D eigenvalue weighted by atomic mass is 19.1. The molecule has 0 aliphatic carbocycles. The summed E-state index contributed by atoms with van der Waals surface area (Å²) in [5.41, 5.74) is 3.50. The van der Waals surface area contributed by atoms with Crippen LogP contribution in [0.3, 0.4) is 0 Å². The number of hydrogen-bond donors (Lipinski definition) is 0. The average Bonchev–Trinajstić information content (AvgIpc) is 3.34. The zero-order chi connectivity index (χ0) is 25.1. The Bertz CT molecular complexity index is 1340. The molecule has 2 aromatic carbocycles. The second-order valence-electron chi connectivity index (χ2n) is 9.78. The molecule has 1 amide bonds. The van der Waals surface area contributed by atoms with Crippen LogP contribution in [0.15, 0.2) is 77.5 Å². The molecule has 0 spiro atoms. The van der Waals surface area contributed by atoms with Crippen molar-refractivity contribution in [3.63, 3.8) is 0 Å². The number of furan rings is 1. The highest BCUT2D eigenvalue weighted by molar-refractivity contribution is 5.95. The molecular weight excluding hydrogens is 453 g/mol. The molecule has 0 saturated carbocycles. The number of aryl methyl sites for hydroxylation is 1. The summed E-state index contributed by atoms with van der Waals surface area (Å²) in [5, 5.41) is 1.16. The number of likely N-dealkylation sites (N-methyl/N-ethyl adjacent to an activating group) is 1. The summed E-state index contributed by atoms with van der Waals surface area (Å²) in [4.78, 5) is 22.2. The normalized spacial score (nSPS) is 15.8. The number of benzene rings is 2. The van der Waals surface area contributed by atoms with Gasteiger partial charge in [0.15, 0.2) is 0 Å². The standard InChI is InChI=1S/C30H32FN3O2/c1-21-26(14-18-36-21)30(35)33(2)28(19-24-7-3-4-11-27(24)31)22-12-16-34(17-13-22)20-25-9-5-8-23-10-6-15-32-29(23)25/h3-11,14-15,18,22,28H,12-13,16-17,19-20H2,1-2H3/t28-/m1/s1. The molecule has 0 radical (unpaired) electrons. The quantitative estimate of drug-likeness (QED) is 0.328. The molecule has 4 aromatic rings. The molecule has 1 fully saturated rings. The van der Waals surface area contributed by atoms with Gasteiger partial charge in [-0.1, -0.05) is 42.5 Å². The predicted octanol–water partition coefficient (Wildman–Crippen LogP) is 5.87. The molecule has 5 rings (SSSR count). The van der Waals surface area contributed by atoms with Gasteiger partial charge in [-0.25, -0.2) is 4.39 Å². The Morgan fingerprint density at radius 3 is 2.58 bits per heavy atom. The number of piperidine rings is 1. The minimum Gasteiger partial charge on any atom is -0.469 e. The monoisotopic (exact) mass is 485 g/mol. The van der Waals surface area contributed by atoms with Crippen LogP contribution in [0.4, 0.5) is 4.39 Å². The summed E-state index contributed by atoms with van der Waals surface area (Å²) < 4.78 is 20.0. The molecule has 1 atom stereocenters. The van der Waals surface area contributed by atoms with Crippen LogP contribution in [0.2, 0.25) is 0 Å². The minimum absolute atomic E-state index is 0.0770. The van der Waals surface area contributed by atoms with Gasteiger partial charge in [0.1, 0.15) is 11.6 Å². The first-order valence-electron chi connectivity index (χ1n) is 12.6. The smallest absolute Gasteiger partial charge is 0.257 e. The number of carbonyl (C=O) groups excluding carboxylic acids is 1. The first-order valence-corrected chi connectivity index (χ1v) is 12.6. The van der Waals surface area contributed by atoms with Crippen LogP contribution < -0.4 is 0 Å². The number of halogens is 1. The lowest BCUT2D eigenvalue weighted by atomic mass is 9.84. The van der Waals surface area contributed by atoms with E-state index in [4.69, 9.17) is 4.42 Å². The van der Waals surface area contributed by atoms with E-state index in [9.17, 15) is 9.18 Å². The van der Waals surface area contributed by atoms with Gasteiger partial charge in [0.25, 0.3) is 5.91 Å². The zero-order valence-electron chi connectivity index (χ0n) is 20.9. The first-order chi connectivity index (χ1) is 17.5. The Morgan fingerprint density at radius 2 is 1.83 bits per heavy atom. The molecule has 186 valence electrons. The third-order valence-corrected chi connectivity index (χ3v) is 7.58. The fourth-order valence-electron chi connectivity index (χ4n) is 5.49. The number of likely N-dealkylation sites (tertiary alicyclic amines) is 1. The number of rotatable bonds is 7. The number of carbonyl (C=O) groups is 1. The van der Waals surface area contributed by atoms with Crippen LogP contribution in [-0.2, 0) is 13.0 Å². The Morgan fingerprint density at radius 1 is 1.08 bits per heavy atom. The number of hydrogen-bond acceptors (Lipinski definition) is 4. The SMILES string of the molecule is Cc1occc1C(=O)N(C)[C@H](Cc1ccccc1F)C1CCN(Cc2cccc3cccnc23)CC1. The van der Waals surface area contributed by atoms with Crippen molar-refractivity contribution in [2.75, 3.05) is 20.1 Å². The van der Waals surface area contributed by atoms with Crippen molar-refractivity contribution in [1.82, 2.24) is 14.8 Å². The van der Waals surface area contributed by atoms with E-state index in [-0.39, 0.29) is 23.7 Å². The number of pyridine rings is 1. The van der Waals surface area contributed by atoms with Crippen LogP contribution in [0.5, 0.6) is 0 Å². The molecule has 1 aliphatic heterocycles. The molecular formula is C30H32FN3O2. The van der Waals surface area contributed by atoms with E-state index < -0.39 is 0 Å². The van der Waals surface area contributed by atoms with Gasteiger partial charge < -0.3 is 9.32 Å². The second-order valence-corrected chi connectivity index (χ2v) is 9.78. The lowest BCUT2D eigenvalue weighted by Crippen LogP contribution is -2.47. The Hall–Kier alpha value is -3.51. The Labute approximate surface area is 211 Å². The number of fused-ring (bicyclic) bond motifs is 1. The fourth-order valence-corrected chi connectivity index (χ4v) is 5.49. The van der Waals surface area contributed by atoms with Gasteiger partial charge in [-0.2, -0.15) is 0 Å². The second kappa shape index (κ2) is 10.6. The number of amides is 1. The van der Waals surface area contributed by atoms with Gasteiger partial charge >= 0.3 is 0 Å². The van der Waals surface area contributed by atoms with Gasteiger partial charge in [-0.3, -0.25) is 14.7 Å². The van der Waals surface area contributed by atoms with Crippen molar-refractivity contribution < 1.29 is 13.6 Å². The lowest BCUT2D eigenvalue weighted by Gasteiger charge is -2.40. The van der Waals surface area contributed by atoms with Crippen molar-refractivity contribution in [1.29, 1.82) is 0 Å². The van der Waals surface area contributed by atoms with E-state index in [0.29, 0.717) is 23.3 Å². The van der Waals surface area contributed by atoms with Crippen LogP contribution in [0, 0.1) is 18.7 Å². The average molecular weight is 486 g/mol. The van der Waals surface area contributed by atoms with Crippen LogP contribution in [0.1, 0.15) is 40.1 Å². The fraction of sp³-hybridized carbons (Fsp3) is 0.333. The minimum atomic E-state index is -0.219. The third-order valence-electron chi connectivity index (χ3n) is 7.58. The van der Waals surface area contributed by atoms with Crippen molar-refractivity contribution in [2.24, 2.45) is 5.92 Å². The largest absolute Gasteiger partial charge is 0.469 e. The highest BCUT2D eigenvalue weighted by Gasteiger charge is 2.33. The van der Waals surface area contributed by atoms with Crippen molar-refractivity contribution in [2.45, 2.75) is 38.8 Å². The van der Waals surface area contributed by atoms with Crippen LogP contribution >= 0.6 is 0 Å². The maximum atomic E-state index is 14.6. The van der Waals surface area contributed by atoms with Gasteiger partial charge in [0, 0.05) is 31.2 Å². The maximum absolute atomic E-state index is 14.6. The van der Waals surface area contributed by atoms with E-state index in [1.54, 1.807) is 30.2 Å². The van der Waals surface area contributed by atoms with Gasteiger partial charge in [-0.05, 0) is 74.5 Å². The topological polar surface area (TPSA) is 49.6 Å². The molecule has 3 heterocycles. The van der Waals surface area contributed by atoms with Gasteiger partial charge in [-0.15, -0.1) is 0 Å². The lowest BCUT2D eigenvalue weighted by molar-refractivity contribution is 0.0582. The summed E-state index contributed by atoms with van der Waals surface area (Å²) in [6, 6.07) is 18.9. The zero-order valence-corrected chi connectivity index (χ0v) is 20.9. The molecule has 36 heavy (non-hydrogen) atoms. The van der Waals surface area contributed by atoms with Crippen molar-refractivity contribution in [3.8, 4) is 0 Å². The molecule has 5 nitrogen and oxygen atoms in total. The van der Waals surface area contributed by atoms with Crippen LogP contribution in [0.25, 0.3) is 10.9 Å². The summed E-state index contributed by atoms with van der Waals surface area (Å²) in [7, 11) is 1.84. The molecule has 2 aromatic heterocycles. The Kier molecular flexibility index (Phi) is 7.14. The number of aromatic nitrogens is 1. The molecule has 6 heteroatoms. The molecule has 0 bridgehead atoms. The van der Waals surface area contributed by atoms with E-state index in [1.807, 2.05) is 31.4 Å². The predicted molar refractivity (Wildman–Crippen MR) is 139 cm³/mol. The van der Waals surface area contributed by atoms with Crippen molar-refractivity contribution >= 4 is 16.8 Å². The molecule has 1 saturated heterocycles. The molecule has 0 N–H and O–H groups in total. The number of para-hydroxylation sites is 1. The third kappa shape index (κ3) is 5.05. The Balaban J connectivity index is 1.32. The molecule has 1 aliphatic rings. The van der Waals surface area contributed by atoms with Gasteiger partial charge in [0.2, 0.25) is 0 Å². The van der Waals surface area contributed by atoms with E-state index >= 15 is 0 Å². The summed E-state index contributed by atoms with van der Waals surface area (Å²) in [5.74, 6) is 0.582. The highest BCUT2D eigenvalue weighted by Crippen LogP contribution is 2.30.